The lowest BCUT2D eigenvalue weighted by atomic mass is 10.1. The molecule has 43 heavy (non-hydrogen) atoms. The van der Waals surface area contributed by atoms with Crippen LogP contribution in [0.4, 0.5) is 5.82 Å². The number of likely N-dealkylation sites (N-methyl/N-ethyl adjacent to an activating group) is 1. The fourth-order valence-electron chi connectivity index (χ4n) is 5.90. The highest BCUT2D eigenvalue weighted by Crippen LogP contribution is 2.29. The summed E-state index contributed by atoms with van der Waals surface area (Å²) in [7, 11) is 1.61. The fraction of sp³-hybridized carbons (Fsp3) is 0.394. The van der Waals surface area contributed by atoms with E-state index in [2.05, 4.69) is 10.3 Å². The van der Waals surface area contributed by atoms with Gasteiger partial charge in [-0.05, 0) is 73.7 Å². The smallest absolute Gasteiger partial charge is 0.254 e. The number of hydrogen-bond donors (Lipinski definition) is 1. The Morgan fingerprint density at radius 1 is 1.00 bits per heavy atom. The summed E-state index contributed by atoms with van der Waals surface area (Å²) in [6, 6.07) is 16.2. The Morgan fingerprint density at radius 3 is 2.67 bits per heavy atom. The zero-order chi connectivity index (χ0) is 29.9. The van der Waals surface area contributed by atoms with Gasteiger partial charge in [0.1, 0.15) is 17.3 Å². The second-order valence-electron chi connectivity index (χ2n) is 11.6. The van der Waals surface area contributed by atoms with E-state index in [9.17, 15) is 14.4 Å². The fourth-order valence-corrected chi connectivity index (χ4v) is 5.90. The Balaban J connectivity index is 1.25. The number of piperidine rings is 1. The SMILES string of the molecule is Cc1ccc2cc1Oc1cccc(c1)CO[C@H]1CN(c3cc(C(=O)N4CCCCC4)ccn3)C[C@@H]1NC(=O)CN(C)C2=O. The number of carbonyl (C=O) groups is 3. The molecule has 10 nitrogen and oxygen atoms in total. The minimum Gasteiger partial charge on any atom is -0.457 e. The first-order chi connectivity index (χ1) is 20.8. The van der Waals surface area contributed by atoms with Crippen molar-refractivity contribution in [2.45, 2.75) is 44.9 Å². The Bertz CT molecular complexity index is 1520. The zero-order valence-corrected chi connectivity index (χ0v) is 24.6. The first kappa shape index (κ1) is 28.7. The van der Waals surface area contributed by atoms with Crippen molar-refractivity contribution in [1.82, 2.24) is 20.1 Å². The van der Waals surface area contributed by atoms with Crippen molar-refractivity contribution in [2.24, 2.45) is 0 Å². The molecule has 2 atom stereocenters. The number of nitrogens with one attached hydrogen (secondary N) is 1. The third-order valence-electron chi connectivity index (χ3n) is 8.33. The van der Waals surface area contributed by atoms with Gasteiger partial charge >= 0.3 is 0 Å². The molecule has 4 bridgehead atoms. The first-order valence-electron chi connectivity index (χ1n) is 14.9. The lowest BCUT2D eigenvalue weighted by Gasteiger charge is -2.27. The first-order valence-corrected chi connectivity index (χ1v) is 14.9. The number of hydrogen-bond acceptors (Lipinski definition) is 7. The summed E-state index contributed by atoms with van der Waals surface area (Å²) in [6.07, 6.45) is 4.52. The van der Waals surface area contributed by atoms with E-state index in [0.717, 1.165) is 43.5 Å². The molecule has 3 aliphatic heterocycles. The van der Waals surface area contributed by atoms with Crippen LogP contribution in [0.15, 0.2) is 60.8 Å². The summed E-state index contributed by atoms with van der Waals surface area (Å²) in [6.45, 7) is 4.62. The van der Waals surface area contributed by atoms with E-state index < -0.39 is 0 Å². The molecule has 224 valence electrons. The summed E-state index contributed by atoms with van der Waals surface area (Å²) in [5.41, 5.74) is 2.87. The molecule has 2 saturated heterocycles. The standard InChI is InChI=1S/C33H37N5O5/c1-22-9-10-24-16-28(22)43-26-8-6-7-23(15-26)21-42-29-19-38(18-27(29)35-31(39)20-36(2)32(24)40)30-17-25(11-12-34-30)33(41)37-13-4-3-5-14-37/h6-12,15-17,27,29H,3-5,13-14,18-21H2,1-2H3,(H,35,39)/t27-,29-/m0/s1. The largest absolute Gasteiger partial charge is 0.457 e. The predicted octanol–water partition coefficient (Wildman–Crippen LogP) is 3.78. The number of aryl methyl sites for hydroxylation is 1. The third kappa shape index (κ3) is 6.49. The van der Waals surface area contributed by atoms with E-state index >= 15 is 0 Å². The molecule has 10 heteroatoms. The molecule has 0 unspecified atom stereocenters. The van der Waals surface area contributed by atoms with Crippen LogP contribution in [-0.2, 0) is 16.1 Å². The number of carbonyl (C=O) groups excluding carboxylic acids is 3. The highest BCUT2D eigenvalue weighted by molar-refractivity contribution is 5.97. The van der Waals surface area contributed by atoms with Crippen LogP contribution < -0.4 is 15.0 Å². The number of benzene rings is 2. The van der Waals surface area contributed by atoms with Crippen LogP contribution in [0.5, 0.6) is 11.5 Å². The Kier molecular flexibility index (Phi) is 8.29. The molecule has 3 amide bonds. The molecule has 6 rings (SSSR count). The van der Waals surface area contributed by atoms with Gasteiger partial charge in [0.2, 0.25) is 5.91 Å². The van der Waals surface area contributed by atoms with Crippen molar-refractivity contribution >= 4 is 23.5 Å². The van der Waals surface area contributed by atoms with Gasteiger partial charge in [0.25, 0.3) is 11.8 Å². The molecule has 0 saturated carbocycles. The summed E-state index contributed by atoms with van der Waals surface area (Å²) in [5.74, 6) is 1.35. The summed E-state index contributed by atoms with van der Waals surface area (Å²) < 4.78 is 12.6. The number of rotatable bonds is 2. The van der Waals surface area contributed by atoms with Crippen LogP contribution in [-0.4, -0.2) is 84.4 Å². The summed E-state index contributed by atoms with van der Waals surface area (Å²) >= 11 is 0. The lowest BCUT2D eigenvalue weighted by molar-refractivity contribution is -0.123. The van der Waals surface area contributed by atoms with Crippen molar-refractivity contribution in [3.63, 3.8) is 0 Å². The molecule has 0 aliphatic carbocycles. The van der Waals surface area contributed by atoms with Gasteiger partial charge in [-0.25, -0.2) is 4.98 Å². The van der Waals surface area contributed by atoms with E-state index in [-0.39, 0.29) is 36.4 Å². The average molecular weight is 584 g/mol. The van der Waals surface area contributed by atoms with Crippen molar-refractivity contribution < 1.29 is 23.9 Å². The highest BCUT2D eigenvalue weighted by atomic mass is 16.5. The number of pyridine rings is 1. The topological polar surface area (TPSA) is 104 Å². The average Bonchev–Trinajstić information content (AvgIpc) is 3.42. The van der Waals surface area contributed by atoms with Crippen molar-refractivity contribution in [3.05, 3.63) is 83.0 Å². The molecule has 2 aromatic carbocycles. The normalized spacial score (nSPS) is 21.2. The van der Waals surface area contributed by atoms with Crippen LogP contribution in [0.3, 0.4) is 0 Å². The molecular formula is C33H37N5O5. The molecule has 3 aromatic rings. The number of ether oxygens (including phenoxy) is 2. The van der Waals surface area contributed by atoms with Crippen LogP contribution in [0.25, 0.3) is 0 Å². The number of fused-ring (bicyclic) bond motifs is 5. The predicted molar refractivity (Wildman–Crippen MR) is 161 cm³/mol. The van der Waals surface area contributed by atoms with Gasteiger partial charge in [-0.1, -0.05) is 18.2 Å². The Hall–Kier alpha value is -4.44. The lowest BCUT2D eigenvalue weighted by Crippen LogP contribution is -2.48. The van der Waals surface area contributed by atoms with E-state index in [1.807, 2.05) is 53.1 Å². The Labute approximate surface area is 251 Å². The van der Waals surface area contributed by atoms with Crippen molar-refractivity contribution in [1.29, 1.82) is 0 Å². The highest BCUT2D eigenvalue weighted by Gasteiger charge is 2.36. The number of likely N-dealkylation sites (tertiary alicyclic amines) is 1. The molecule has 0 spiro atoms. The van der Waals surface area contributed by atoms with Gasteiger partial charge in [-0.2, -0.15) is 0 Å². The molecule has 0 radical (unpaired) electrons. The molecular weight excluding hydrogens is 546 g/mol. The van der Waals surface area contributed by atoms with E-state index in [4.69, 9.17) is 9.47 Å². The van der Waals surface area contributed by atoms with Crippen LogP contribution in [0.1, 0.15) is 51.1 Å². The summed E-state index contributed by atoms with van der Waals surface area (Å²) in [4.78, 5) is 49.5. The molecule has 3 aliphatic rings. The minimum atomic E-state index is -0.349. The van der Waals surface area contributed by atoms with Crippen LogP contribution >= 0.6 is 0 Å². The van der Waals surface area contributed by atoms with Gasteiger partial charge < -0.3 is 29.5 Å². The zero-order valence-electron chi connectivity index (χ0n) is 24.6. The van der Waals surface area contributed by atoms with Crippen LogP contribution in [0.2, 0.25) is 0 Å². The number of aromatic nitrogens is 1. The van der Waals surface area contributed by atoms with Gasteiger partial charge in [0.15, 0.2) is 0 Å². The maximum atomic E-state index is 13.2. The second-order valence-corrected chi connectivity index (χ2v) is 11.6. The third-order valence-corrected chi connectivity index (χ3v) is 8.33. The minimum absolute atomic E-state index is 0.0211. The van der Waals surface area contributed by atoms with E-state index in [1.165, 1.54) is 4.90 Å². The van der Waals surface area contributed by atoms with Gasteiger partial charge in [0, 0.05) is 50.6 Å². The molecule has 1 N–H and O–H groups in total. The summed E-state index contributed by atoms with van der Waals surface area (Å²) in [5, 5.41) is 3.10. The maximum Gasteiger partial charge on any atom is 0.254 e. The number of amides is 3. The number of nitrogens with zero attached hydrogens (tertiary/aromatic N) is 4. The second kappa shape index (κ2) is 12.4. The van der Waals surface area contributed by atoms with E-state index in [0.29, 0.717) is 48.1 Å². The molecule has 1 aromatic heterocycles. The number of anilines is 1. The van der Waals surface area contributed by atoms with Gasteiger partial charge in [0.05, 0.1) is 25.3 Å². The molecule has 2 fully saturated rings. The van der Waals surface area contributed by atoms with Crippen LogP contribution in [0, 0.1) is 6.92 Å². The van der Waals surface area contributed by atoms with Gasteiger partial charge in [-0.3, -0.25) is 14.4 Å². The Morgan fingerprint density at radius 2 is 1.84 bits per heavy atom. The van der Waals surface area contributed by atoms with Gasteiger partial charge in [-0.15, -0.1) is 0 Å². The van der Waals surface area contributed by atoms with Crippen molar-refractivity contribution in [2.75, 3.05) is 44.7 Å². The maximum absolute atomic E-state index is 13.2. The monoisotopic (exact) mass is 583 g/mol. The molecule has 4 heterocycles. The quantitative estimate of drug-likeness (QED) is 0.490. The van der Waals surface area contributed by atoms with Crippen molar-refractivity contribution in [3.8, 4) is 11.5 Å². The van der Waals surface area contributed by atoms with E-state index in [1.54, 1.807) is 31.4 Å².